The van der Waals surface area contributed by atoms with Gasteiger partial charge in [0, 0.05) is 16.7 Å². The minimum atomic E-state index is -0.448. The second-order valence-electron chi connectivity index (χ2n) is 3.91. The summed E-state index contributed by atoms with van der Waals surface area (Å²) in [6.07, 6.45) is 0. The van der Waals surface area contributed by atoms with Crippen molar-refractivity contribution in [2.45, 2.75) is 13.8 Å². The van der Waals surface area contributed by atoms with Crippen LogP contribution in [0.5, 0.6) is 0 Å². The van der Waals surface area contributed by atoms with Crippen molar-refractivity contribution in [1.82, 2.24) is 0 Å². The van der Waals surface area contributed by atoms with Crippen LogP contribution in [0.4, 0.5) is 0 Å². The van der Waals surface area contributed by atoms with Crippen LogP contribution in [-0.4, -0.2) is 18.4 Å². The summed E-state index contributed by atoms with van der Waals surface area (Å²) in [4.78, 5) is 26.2. The molecule has 102 valence electrons. The zero-order valence-electron chi connectivity index (χ0n) is 11.1. The molecule has 0 saturated carbocycles. The van der Waals surface area contributed by atoms with Gasteiger partial charge in [-0.3, -0.25) is 9.59 Å². The van der Waals surface area contributed by atoms with Gasteiger partial charge in [-0.25, -0.2) is 0 Å². The Bertz CT molecular complexity index is 698. The zero-order chi connectivity index (χ0) is 14.5. The van der Waals surface area contributed by atoms with Gasteiger partial charge in [0.15, 0.2) is 6.61 Å². The van der Waals surface area contributed by atoms with Crippen LogP contribution in [0.25, 0.3) is 9.75 Å². The molecule has 0 fully saturated rings. The van der Waals surface area contributed by atoms with Gasteiger partial charge in [0.1, 0.15) is 0 Å². The highest BCUT2D eigenvalue weighted by atomic mass is 32.1. The van der Waals surface area contributed by atoms with Gasteiger partial charge in [0.25, 0.3) is 0 Å². The Labute approximate surface area is 125 Å². The van der Waals surface area contributed by atoms with E-state index in [4.69, 9.17) is 4.74 Å². The molecule has 3 nitrogen and oxygen atoms in total. The summed E-state index contributed by atoms with van der Waals surface area (Å²) in [7, 11) is 0. The molecule has 0 aliphatic rings. The summed E-state index contributed by atoms with van der Waals surface area (Å²) in [5, 5.41) is 0. The normalized spacial score (nSPS) is 9.70. The van der Waals surface area contributed by atoms with Crippen molar-refractivity contribution in [1.29, 1.82) is 0 Å². The molecule has 2 aromatic heterocycles. The average Bonchev–Trinajstić information content (AvgIpc) is 3.04. The Hall–Kier alpha value is -1.90. The van der Waals surface area contributed by atoms with Crippen molar-refractivity contribution in [2.75, 3.05) is 6.61 Å². The van der Waals surface area contributed by atoms with E-state index in [1.165, 1.54) is 18.3 Å². The fourth-order valence-corrected chi connectivity index (χ4v) is 3.45. The minimum Gasteiger partial charge on any atom is -0.457 e. The first-order chi connectivity index (χ1) is 9.60. The van der Waals surface area contributed by atoms with Crippen LogP contribution < -0.4 is 0 Å². The van der Waals surface area contributed by atoms with E-state index in [2.05, 4.69) is 11.8 Å². The molecule has 0 amide bonds. The molecular weight excluding hydrogens is 292 g/mol. The molecule has 2 heterocycles. The van der Waals surface area contributed by atoms with E-state index < -0.39 is 5.97 Å². The summed E-state index contributed by atoms with van der Waals surface area (Å²) in [6.45, 7) is 2.89. The first-order valence-corrected chi connectivity index (χ1v) is 7.53. The third-order valence-corrected chi connectivity index (χ3v) is 4.71. The quantitative estimate of drug-likeness (QED) is 0.492. The van der Waals surface area contributed by atoms with Gasteiger partial charge in [0.2, 0.25) is 5.78 Å². The van der Waals surface area contributed by atoms with Gasteiger partial charge >= 0.3 is 5.97 Å². The van der Waals surface area contributed by atoms with Crippen LogP contribution in [0.15, 0.2) is 24.3 Å². The third kappa shape index (κ3) is 3.56. The molecule has 0 aliphatic carbocycles. The minimum absolute atomic E-state index is 0.179. The fraction of sp³-hybridized carbons (Fsp3) is 0.200. The average molecular weight is 304 g/mol. The fourth-order valence-electron chi connectivity index (χ4n) is 1.52. The molecule has 0 aromatic carbocycles. The lowest BCUT2D eigenvalue weighted by Crippen LogP contribution is -2.10. The molecule has 5 heteroatoms. The van der Waals surface area contributed by atoms with Crippen molar-refractivity contribution >= 4 is 34.4 Å². The van der Waals surface area contributed by atoms with Crippen molar-refractivity contribution in [2.24, 2.45) is 0 Å². The Morgan fingerprint density at radius 3 is 2.55 bits per heavy atom. The van der Waals surface area contributed by atoms with Gasteiger partial charge < -0.3 is 4.74 Å². The van der Waals surface area contributed by atoms with Crippen LogP contribution in [0.1, 0.15) is 28.4 Å². The smallest absolute Gasteiger partial charge is 0.303 e. The van der Waals surface area contributed by atoms with Crippen molar-refractivity contribution in [3.05, 3.63) is 34.0 Å². The second-order valence-corrected chi connectivity index (χ2v) is 6.07. The number of rotatable bonds is 4. The Morgan fingerprint density at radius 2 is 1.85 bits per heavy atom. The highest BCUT2D eigenvalue weighted by Crippen LogP contribution is 2.33. The maximum absolute atomic E-state index is 11.8. The van der Waals surface area contributed by atoms with Crippen LogP contribution in [0.2, 0.25) is 0 Å². The largest absolute Gasteiger partial charge is 0.457 e. The van der Waals surface area contributed by atoms with E-state index >= 15 is 0 Å². The summed E-state index contributed by atoms with van der Waals surface area (Å²) in [5.41, 5.74) is 0. The van der Waals surface area contributed by atoms with Crippen LogP contribution in [0, 0.1) is 11.8 Å². The van der Waals surface area contributed by atoms with Crippen molar-refractivity contribution in [3.8, 4) is 21.6 Å². The molecule has 0 aliphatic heterocycles. The van der Waals surface area contributed by atoms with Gasteiger partial charge in [0.05, 0.1) is 9.75 Å². The first kappa shape index (κ1) is 14.5. The predicted octanol–water partition coefficient (Wildman–Crippen LogP) is 3.59. The molecule has 0 saturated heterocycles. The molecule has 0 atom stereocenters. The van der Waals surface area contributed by atoms with Gasteiger partial charge in [-0.05, 0) is 31.2 Å². The third-order valence-electron chi connectivity index (χ3n) is 2.38. The standard InChI is InChI=1S/C15H12O3S2/c1-3-4-11-5-6-14(19-11)15-8-7-13(20-15)12(17)9-18-10(2)16/h5-8H,9H2,1-2H3. The number of carbonyl (C=O) groups is 2. The molecule has 0 radical (unpaired) electrons. The van der Waals surface area contributed by atoms with Crippen molar-refractivity contribution < 1.29 is 14.3 Å². The molecular formula is C15H12O3S2. The van der Waals surface area contributed by atoms with Crippen molar-refractivity contribution in [3.63, 3.8) is 0 Å². The molecule has 0 N–H and O–H groups in total. The van der Waals surface area contributed by atoms with Gasteiger partial charge in [-0.15, -0.1) is 28.6 Å². The first-order valence-electron chi connectivity index (χ1n) is 5.89. The highest BCUT2D eigenvalue weighted by Gasteiger charge is 2.12. The molecule has 0 unspecified atom stereocenters. The number of carbonyl (C=O) groups excluding carboxylic acids is 2. The number of ketones is 1. The SMILES string of the molecule is CC#Cc1ccc(-c2ccc(C(=O)COC(C)=O)s2)s1. The summed E-state index contributed by atoms with van der Waals surface area (Å²) >= 11 is 2.99. The van der Waals surface area contributed by atoms with Crippen LogP contribution >= 0.6 is 22.7 Å². The van der Waals surface area contributed by atoms with E-state index in [9.17, 15) is 9.59 Å². The van der Waals surface area contributed by atoms with Crippen LogP contribution in [-0.2, 0) is 9.53 Å². The summed E-state index contributed by atoms with van der Waals surface area (Å²) in [5.74, 6) is 5.24. The summed E-state index contributed by atoms with van der Waals surface area (Å²) in [6, 6.07) is 7.63. The number of Topliss-reactive ketones (excluding diaryl/α,β-unsaturated/α-hetero) is 1. The predicted molar refractivity (Wildman–Crippen MR) is 81.1 cm³/mol. The Kier molecular flexibility index (Phi) is 4.72. The monoisotopic (exact) mass is 304 g/mol. The molecule has 2 aromatic rings. The number of hydrogen-bond donors (Lipinski definition) is 0. The highest BCUT2D eigenvalue weighted by molar-refractivity contribution is 7.23. The number of hydrogen-bond acceptors (Lipinski definition) is 5. The number of esters is 1. The van der Waals surface area contributed by atoms with Gasteiger partial charge in [-0.1, -0.05) is 5.92 Å². The lowest BCUT2D eigenvalue weighted by atomic mass is 10.3. The lowest BCUT2D eigenvalue weighted by Gasteiger charge is -1.98. The zero-order valence-corrected chi connectivity index (χ0v) is 12.7. The maximum Gasteiger partial charge on any atom is 0.303 e. The van der Waals surface area contributed by atoms with E-state index in [0.717, 1.165) is 14.6 Å². The Balaban J connectivity index is 2.12. The van der Waals surface area contributed by atoms with E-state index in [0.29, 0.717) is 4.88 Å². The number of thiophene rings is 2. The molecule has 2 rings (SSSR count). The second kappa shape index (κ2) is 6.51. The molecule has 0 spiro atoms. The Morgan fingerprint density at radius 1 is 1.15 bits per heavy atom. The lowest BCUT2D eigenvalue weighted by molar-refractivity contribution is -0.139. The molecule has 0 bridgehead atoms. The van der Waals surface area contributed by atoms with Crippen LogP contribution in [0.3, 0.4) is 0 Å². The number of ether oxygens (including phenoxy) is 1. The van der Waals surface area contributed by atoms with E-state index in [-0.39, 0.29) is 12.4 Å². The summed E-state index contributed by atoms with van der Waals surface area (Å²) < 4.78 is 4.71. The maximum atomic E-state index is 11.8. The van der Waals surface area contributed by atoms with E-state index in [1.807, 2.05) is 18.2 Å². The van der Waals surface area contributed by atoms with Gasteiger partial charge in [-0.2, -0.15) is 0 Å². The topological polar surface area (TPSA) is 43.4 Å². The van der Waals surface area contributed by atoms with E-state index in [1.54, 1.807) is 24.3 Å². The molecule has 20 heavy (non-hydrogen) atoms.